The van der Waals surface area contributed by atoms with Gasteiger partial charge in [-0.15, -0.1) is 0 Å². The van der Waals surface area contributed by atoms with Gasteiger partial charge in [-0.05, 0) is 63.8 Å². The Morgan fingerprint density at radius 1 is 1.23 bits per heavy atom. The molecule has 0 radical (unpaired) electrons. The zero-order valence-corrected chi connectivity index (χ0v) is 18.8. The first-order valence-electron chi connectivity index (χ1n) is 10.5. The number of amides is 1. The van der Waals surface area contributed by atoms with Crippen molar-refractivity contribution < 1.29 is 13.2 Å². The van der Waals surface area contributed by atoms with Gasteiger partial charge in [-0.3, -0.25) is 13.8 Å². The molecule has 2 aromatic rings. The van der Waals surface area contributed by atoms with Crippen LogP contribution in [0.3, 0.4) is 0 Å². The molecule has 2 atom stereocenters. The van der Waals surface area contributed by atoms with Gasteiger partial charge in [-0.25, -0.2) is 13.4 Å². The van der Waals surface area contributed by atoms with Crippen molar-refractivity contribution in [3.8, 4) is 0 Å². The van der Waals surface area contributed by atoms with Crippen LogP contribution in [0.4, 0.5) is 5.69 Å². The summed E-state index contributed by atoms with van der Waals surface area (Å²) in [5.74, 6) is 0.274. The van der Waals surface area contributed by atoms with Crippen LogP contribution in [-0.2, 0) is 10.0 Å². The molecule has 1 saturated heterocycles. The Labute approximate surface area is 177 Å². The van der Waals surface area contributed by atoms with Crippen LogP contribution in [-0.4, -0.2) is 59.4 Å². The summed E-state index contributed by atoms with van der Waals surface area (Å²) >= 11 is 0. The third-order valence-corrected chi connectivity index (χ3v) is 7.24. The number of hydrogen-bond acceptors (Lipinski definition) is 5. The van der Waals surface area contributed by atoms with Crippen molar-refractivity contribution in [1.29, 1.82) is 0 Å². The maximum absolute atomic E-state index is 13.2. The fourth-order valence-corrected chi connectivity index (χ4v) is 5.30. The molecule has 9 heteroatoms. The van der Waals surface area contributed by atoms with Crippen molar-refractivity contribution in [1.82, 2.24) is 19.7 Å². The highest BCUT2D eigenvalue weighted by molar-refractivity contribution is 7.92. The third-order valence-electron chi connectivity index (χ3n) is 6.10. The quantitative estimate of drug-likeness (QED) is 0.743. The molecule has 0 unspecified atom stereocenters. The lowest BCUT2D eigenvalue weighted by Crippen LogP contribution is -2.42. The Bertz CT molecular complexity index is 1060. The standard InChI is InChI=1S/C21H29N5O3S/c1-14(2)25-13-22-20(23-25)18-12-26(30(4,28)29)19-9-8-16(11-17(18)19)21(27)24-10-6-5-7-15(24)3/h8-9,11,13-15,18H,5-7,10,12H2,1-4H3/t15-,18-/m1/s1. The molecule has 162 valence electrons. The number of fused-ring (bicyclic) bond motifs is 1. The van der Waals surface area contributed by atoms with Gasteiger partial charge in [0.2, 0.25) is 10.0 Å². The maximum Gasteiger partial charge on any atom is 0.254 e. The van der Waals surface area contributed by atoms with E-state index in [2.05, 4.69) is 17.0 Å². The lowest BCUT2D eigenvalue weighted by Gasteiger charge is -2.33. The Morgan fingerprint density at radius 2 is 2.00 bits per heavy atom. The molecule has 3 heterocycles. The summed E-state index contributed by atoms with van der Waals surface area (Å²) in [5, 5.41) is 4.57. The largest absolute Gasteiger partial charge is 0.336 e. The van der Waals surface area contributed by atoms with Crippen LogP contribution in [0.5, 0.6) is 0 Å². The minimum Gasteiger partial charge on any atom is -0.336 e. The highest BCUT2D eigenvalue weighted by atomic mass is 32.2. The Hall–Kier alpha value is -2.42. The second-order valence-corrected chi connectivity index (χ2v) is 10.5. The summed E-state index contributed by atoms with van der Waals surface area (Å²) in [4.78, 5) is 19.6. The van der Waals surface area contributed by atoms with E-state index in [4.69, 9.17) is 0 Å². The van der Waals surface area contributed by atoms with Gasteiger partial charge in [0.15, 0.2) is 5.82 Å². The second-order valence-electron chi connectivity index (χ2n) is 8.64. The van der Waals surface area contributed by atoms with E-state index in [0.717, 1.165) is 31.4 Å². The SMILES string of the molecule is CC(C)n1cnc([C@@H]2CN(S(C)(=O)=O)c3ccc(C(=O)N4CCCC[C@H]4C)cc32)n1. The third kappa shape index (κ3) is 3.71. The molecule has 2 aliphatic heterocycles. The van der Waals surface area contributed by atoms with E-state index < -0.39 is 10.0 Å². The maximum atomic E-state index is 13.2. The molecule has 1 aromatic carbocycles. The summed E-state index contributed by atoms with van der Waals surface area (Å²) in [5.41, 5.74) is 1.98. The lowest BCUT2D eigenvalue weighted by molar-refractivity contribution is 0.0635. The fraction of sp³-hybridized carbons (Fsp3) is 0.571. The van der Waals surface area contributed by atoms with Crippen molar-refractivity contribution in [3.63, 3.8) is 0 Å². The van der Waals surface area contributed by atoms with Crippen LogP contribution in [0.25, 0.3) is 0 Å². The molecule has 0 saturated carbocycles. The molecule has 0 N–H and O–H groups in total. The smallest absolute Gasteiger partial charge is 0.254 e. The van der Waals surface area contributed by atoms with Crippen molar-refractivity contribution in [2.45, 2.75) is 58.0 Å². The van der Waals surface area contributed by atoms with Gasteiger partial charge in [0.1, 0.15) is 6.33 Å². The molecule has 2 aliphatic rings. The summed E-state index contributed by atoms with van der Waals surface area (Å²) in [6.07, 6.45) is 6.05. The van der Waals surface area contributed by atoms with Gasteiger partial charge in [0.25, 0.3) is 5.91 Å². The number of aromatic nitrogens is 3. The average molecular weight is 432 g/mol. The van der Waals surface area contributed by atoms with Crippen LogP contribution in [0.1, 0.15) is 73.7 Å². The zero-order chi connectivity index (χ0) is 21.6. The molecule has 8 nitrogen and oxygen atoms in total. The highest BCUT2D eigenvalue weighted by Gasteiger charge is 2.37. The number of sulfonamides is 1. The molecule has 4 rings (SSSR count). The van der Waals surface area contributed by atoms with E-state index in [-0.39, 0.29) is 30.5 Å². The number of benzene rings is 1. The van der Waals surface area contributed by atoms with E-state index in [1.807, 2.05) is 24.8 Å². The minimum atomic E-state index is -3.45. The van der Waals surface area contributed by atoms with Gasteiger partial charge < -0.3 is 4.90 Å². The Morgan fingerprint density at radius 3 is 2.63 bits per heavy atom. The van der Waals surface area contributed by atoms with Gasteiger partial charge in [-0.1, -0.05) is 0 Å². The fourth-order valence-electron chi connectivity index (χ4n) is 4.35. The Kier molecular flexibility index (Phi) is 5.34. The predicted octanol–water partition coefficient (Wildman–Crippen LogP) is 2.79. The zero-order valence-electron chi connectivity index (χ0n) is 17.9. The molecule has 0 bridgehead atoms. The summed E-state index contributed by atoms with van der Waals surface area (Å²) in [6.45, 7) is 7.12. The molecule has 0 spiro atoms. The normalized spacial score (nSPS) is 21.9. The molecule has 1 fully saturated rings. The number of carbonyl (C=O) groups excluding carboxylic acids is 1. The van der Waals surface area contributed by atoms with E-state index in [0.29, 0.717) is 17.1 Å². The predicted molar refractivity (Wildman–Crippen MR) is 115 cm³/mol. The van der Waals surface area contributed by atoms with Crippen LogP contribution >= 0.6 is 0 Å². The average Bonchev–Trinajstić information content (AvgIpc) is 3.32. The second kappa shape index (κ2) is 7.68. The Balaban J connectivity index is 1.74. The van der Waals surface area contributed by atoms with Crippen LogP contribution in [0, 0.1) is 0 Å². The van der Waals surface area contributed by atoms with Gasteiger partial charge >= 0.3 is 0 Å². The van der Waals surface area contributed by atoms with Gasteiger partial charge in [0.05, 0.1) is 17.9 Å². The van der Waals surface area contributed by atoms with E-state index >= 15 is 0 Å². The van der Waals surface area contributed by atoms with Gasteiger partial charge in [-0.2, -0.15) is 5.10 Å². The van der Waals surface area contributed by atoms with Crippen molar-refractivity contribution in [3.05, 3.63) is 41.5 Å². The topological polar surface area (TPSA) is 88.4 Å². The van der Waals surface area contributed by atoms with Crippen LogP contribution in [0.15, 0.2) is 24.5 Å². The first-order valence-corrected chi connectivity index (χ1v) is 12.4. The minimum absolute atomic E-state index is 0.00206. The number of rotatable bonds is 4. The number of likely N-dealkylation sites (tertiary alicyclic amines) is 1. The van der Waals surface area contributed by atoms with Gasteiger partial charge in [0, 0.05) is 30.7 Å². The molecular formula is C21H29N5O3S. The molecular weight excluding hydrogens is 402 g/mol. The number of nitrogens with zero attached hydrogens (tertiary/aromatic N) is 5. The first kappa shape index (κ1) is 20.8. The summed E-state index contributed by atoms with van der Waals surface area (Å²) in [6, 6.07) is 5.70. The van der Waals surface area contributed by atoms with E-state index in [1.54, 1.807) is 23.1 Å². The number of anilines is 1. The molecule has 1 aromatic heterocycles. The first-order chi connectivity index (χ1) is 14.2. The summed E-state index contributed by atoms with van der Waals surface area (Å²) < 4.78 is 28.0. The van der Waals surface area contributed by atoms with Crippen LogP contribution < -0.4 is 4.31 Å². The van der Waals surface area contributed by atoms with E-state index in [9.17, 15) is 13.2 Å². The molecule has 30 heavy (non-hydrogen) atoms. The highest BCUT2D eigenvalue weighted by Crippen LogP contribution is 2.41. The monoisotopic (exact) mass is 431 g/mol. The van der Waals surface area contributed by atoms with E-state index in [1.165, 1.54) is 10.6 Å². The summed E-state index contributed by atoms with van der Waals surface area (Å²) in [7, 11) is -3.45. The van der Waals surface area contributed by atoms with Crippen molar-refractivity contribution >= 4 is 21.6 Å². The molecule has 0 aliphatic carbocycles. The van der Waals surface area contributed by atoms with Crippen LogP contribution in [0.2, 0.25) is 0 Å². The number of carbonyl (C=O) groups is 1. The number of hydrogen-bond donors (Lipinski definition) is 0. The van der Waals surface area contributed by atoms with Crippen molar-refractivity contribution in [2.24, 2.45) is 0 Å². The lowest BCUT2D eigenvalue weighted by atomic mass is 9.97. The number of piperidine rings is 1. The van der Waals surface area contributed by atoms with Crippen molar-refractivity contribution in [2.75, 3.05) is 23.7 Å². The molecule has 1 amide bonds.